The molecule has 0 saturated heterocycles. The van der Waals surface area contributed by atoms with Crippen LogP contribution in [0.15, 0.2) is 25.1 Å². The van der Waals surface area contributed by atoms with Crippen LogP contribution in [0.25, 0.3) is 0 Å². The van der Waals surface area contributed by atoms with Crippen LogP contribution in [0.5, 0.6) is 0 Å². The minimum absolute atomic E-state index is 0.110. The number of hydrogen-bond donors (Lipinski definition) is 0. The van der Waals surface area contributed by atoms with E-state index in [0.717, 1.165) is 19.3 Å². The molecule has 0 amide bonds. The summed E-state index contributed by atoms with van der Waals surface area (Å²) >= 11 is 0. The molecule has 1 atom stereocenters. The van der Waals surface area contributed by atoms with E-state index in [0.29, 0.717) is 0 Å². The highest BCUT2D eigenvalue weighted by atomic mass is 16.1. The predicted molar refractivity (Wildman–Crippen MR) is 51.6 cm³/mol. The van der Waals surface area contributed by atoms with Crippen LogP contribution in [0.3, 0.4) is 0 Å². The van der Waals surface area contributed by atoms with Crippen LogP contribution in [0, 0.1) is 5.92 Å². The van der Waals surface area contributed by atoms with Gasteiger partial charge in [-0.05, 0) is 25.7 Å². The summed E-state index contributed by atoms with van der Waals surface area (Å²) in [6, 6.07) is 0. The molecule has 0 spiro atoms. The van der Waals surface area contributed by atoms with Crippen molar-refractivity contribution >= 4 is 6.29 Å². The average Bonchev–Trinajstić information content (AvgIpc) is 2.12. The lowest BCUT2D eigenvalue weighted by molar-refractivity contribution is -0.111. The summed E-state index contributed by atoms with van der Waals surface area (Å²) in [5, 5.41) is 0. The van der Waals surface area contributed by atoms with Crippen LogP contribution in [0.1, 0.15) is 20.3 Å². The van der Waals surface area contributed by atoms with E-state index in [1.165, 1.54) is 0 Å². The highest BCUT2D eigenvalue weighted by Gasteiger charge is 2.05. The van der Waals surface area contributed by atoms with Crippen LogP contribution >= 0.6 is 0 Å². The number of hydrogen-bond acceptors (Lipinski definition) is 2. The zero-order valence-corrected chi connectivity index (χ0v) is 7.86. The van der Waals surface area contributed by atoms with Crippen molar-refractivity contribution in [2.24, 2.45) is 5.92 Å². The lowest BCUT2D eigenvalue weighted by Crippen LogP contribution is -2.20. The first-order chi connectivity index (χ1) is 5.78. The topological polar surface area (TPSA) is 20.3 Å². The van der Waals surface area contributed by atoms with E-state index in [1.54, 1.807) is 6.20 Å². The minimum Gasteiger partial charge on any atom is -0.354 e. The molecule has 0 aromatic carbocycles. The van der Waals surface area contributed by atoms with Crippen LogP contribution in [0.4, 0.5) is 0 Å². The van der Waals surface area contributed by atoms with Gasteiger partial charge in [0.05, 0.1) is 0 Å². The number of carbonyl (C=O) groups is 1. The highest BCUT2D eigenvalue weighted by Crippen LogP contribution is 2.03. The second kappa shape index (κ2) is 6.65. The summed E-state index contributed by atoms with van der Waals surface area (Å²) < 4.78 is 0. The first kappa shape index (κ1) is 11.0. The predicted octanol–water partition coefficient (Wildman–Crippen LogP) is 2.19. The van der Waals surface area contributed by atoms with Gasteiger partial charge in [0.25, 0.3) is 0 Å². The molecule has 0 saturated carbocycles. The minimum atomic E-state index is 0.110. The Hall–Kier alpha value is -1.05. The second-order valence-electron chi connectivity index (χ2n) is 2.67. The normalized spacial score (nSPS) is 12.8. The SMILES string of the molecule is C=CN(/C=C\C)CC(C=O)CC. The maximum Gasteiger partial charge on any atom is 0.124 e. The van der Waals surface area contributed by atoms with Gasteiger partial charge in [-0.25, -0.2) is 0 Å². The quantitative estimate of drug-likeness (QED) is 0.565. The van der Waals surface area contributed by atoms with Crippen molar-refractivity contribution < 1.29 is 4.79 Å². The average molecular weight is 167 g/mol. The van der Waals surface area contributed by atoms with Gasteiger partial charge in [-0.2, -0.15) is 0 Å². The van der Waals surface area contributed by atoms with Gasteiger partial charge in [0.15, 0.2) is 0 Å². The molecule has 1 unspecified atom stereocenters. The van der Waals surface area contributed by atoms with Gasteiger partial charge in [0, 0.05) is 12.5 Å². The molecule has 0 heterocycles. The Morgan fingerprint density at radius 2 is 2.25 bits per heavy atom. The van der Waals surface area contributed by atoms with Crippen molar-refractivity contribution in [2.45, 2.75) is 20.3 Å². The molecule has 68 valence electrons. The van der Waals surface area contributed by atoms with Gasteiger partial charge in [-0.1, -0.05) is 19.6 Å². The van der Waals surface area contributed by atoms with E-state index in [4.69, 9.17) is 0 Å². The zero-order valence-electron chi connectivity index (χ0n) is 7.86. The van der Waals surface area contributed by atoms with E-state index < -0.39 is 0 Å². The fourth-order valence-electron chi connectivity index (χ4n) is 0.927. The Bertz CT molecular complexity index is 163. The molecule has 0 rings (SSSR count). The third-order valence-corrected chi connectivity index (χ3v) is 1.74. The van der Waals surface area contributed by atoms with Gasteiger partial charge >= 0.3 is 0 Å². The fourth-order valence-corrected chi connectivity index (χ4v) is 0.927. The van der Waals surface area contributed by atoms with Crippen LogP contribution < -0.4 is 0 Å². The van der Waals surface area contributed by atoms with Gasteiger partial charge in [-0.15, -0.1) is 0 Å². The number of nitrogens with zero attached hydrogens (tertiary/aromatic N) is 1. The van der Waals surface area contributed by atoms with Crippen molar-refractivity contribution in [3.8, 4) is 0 Å². The number of allylic oxidation sites excluding steroid dienone is 1. The Morgan fingerprint density at radius 3 is 2.58 bits per heavy atom. The summed E-state index contributed by atoms with van der Waals surface area (Å²) in [5.74, 6) is 0.110. The summed E-state index contributed by atoms with van der Waals surface area (Å²) in [4.78, 5) is 12.4. The molecule has 2 nitrogen and oxygen atoms in total. The molecular formula is C10H17NO. The Morgan fingerprint density at radius 1 is 1.58 bits per heavy atom. The number of aldehydes is 1. The Balaban J connectivity index is 3.98. The van der Waals surface area contributed by atoms with E-state index in [-0.39, 0.29) is 5.92 Å². The summed E-state index contributed by atoms with van der Waals surface area (Å²) in [5.41, 5.74) is 0. The molecule has 0 bridgehead atoms. The molecule has 0 aliphatic rings. The number of rotatable bonds is 6. The lowest BCUT2D eigenvalue weighted by atomic mass is 10.1. The van der Waals surface area contributed by atoms with E-state index in [2.05, 4.69) is 6.58 Å². The van der Waals surface area contributed by atoms with E-state index >= 15 is 0 Å². The van der Waals surface area contributed by atoms with Crippen molar-refractivity contribution in [1.29, 1.82) is 0 Å². The monoisotopic (exact) mass is 167 g/mol. The summed E-state index contributed by atoms with van der Waals surface area (Å²) in [6.07, 6.45) is 7.45. The van der Waals surface area contributed by atoms with E-state index in [1.807, 2.05) is 31.0 Å². The van der Waals surface area contributed by atoms with Crippen molar-refractivity contribution in [2.75, 3.05) is 6.54 Å². The molecule has 2 heteroatoms. The third-order valence-electron chi connectivity index (χ3n) is 1.74. The van der Waals surface area contributed by atoms with Gasteiger partial charge in [0.2, 0.25) is 0 Å². The summed E-state index contributed by atoms with van der Waals surface area (Å²) in [7, 11) is 0. The molecule has 0 aliphatic carbocycles. The molecule has 0 fully saturated rings. The molecular weight excluding hydrogens is 150 g/mol. The number of carbonyl (C=O) groups excluding carboxylic acids is 1. The van der Waals surface area contributed by atoms with Gasteiger partial charge < -0.3 is 9.69 Å². The smallest absolute Gasteiger partial charge is 0.124 e. The summed E-state index contributed by atoms with van der Waals surface area (Å²) in [6.45, 7) is 8.34. The molecule has 0 aliphatic heterocycles. The first-order valence-corrected chi connectivity index (χ1v) is 4.24. The Labute approximate surface area is 74.6 Å². The molecule has 0 N–H and O–H groups in total. The standard InChI is InChI=1S/C10H17NO/c1-4-7-11(6-3)8-10(5-2)9-12/h4,6-7,9-10H,3,5,8H2,1-2H3/b7-4-. The molecule has 0 radical (unpaired) electrons. The lowest BCUT2D eigenvalue weighted by Gasteiger charge is -2.17. The van der Waals surface area contributed by atoms with Crippen LogP contribution in [-0.2, 0) is 4.79 Å². The van der Waals surface area contributed by atoms with Crippen LogP contribution in [0.2, 0.25) is 0 Å². The van der Waals surface area contributed by atoms with E-state index in [9.17, 15) is 4.79 Å². The van der Waals surface area contributed by atoms with Gasteiger partial charge in [-0.3, -0.25) is 0 Å². The van der Waals surface area contributed by atoms with Crippen LogP contribution in [-0.4, -0.2) is 17.7 Å². The van der Waals surface area contributed by atoms with Gasteiger partial charge in [0.1, 0.15) is 6.29 Å². The van der Waals surface area contributed by atoms with Crippen molar-refractivity contribution in [3.63, 3.8) is 0 Å². The maximum atomic E-state index is 10.5. The fraction of sp³-hybridized carbons (Fsp3) is 0.500. The maximum absolute atomic E-state index is 10.5. The van der Waals surface area contributed by atoms with Crippen molar-refractivity contribution in [3.05, 3.63) is 25.1 Å². The third kappa shape index (κ3) is 3.96. The van der Waals surface area contributed by atoms with Crippen molar-refractivity contribution in [1.82, 2.24) is 4.90 Å². The molecule has 12 heavy (non-hydrogen) atoms. The highest BCUT2D eigenvalue weighted by molar-refractivity contribution is 5.53. The Kier molecular flexibility index (Phi) is 6.07. The largest absolute Gasteiger partial charge is 0.354 e. The first-order valence-electron chi connectivity index (χ1n) is 4.24. The molecule has 0 aromatic rings. The molecule has 0 aromatic heterocycles. The second-order valence-corrected chi connectivity index (χ2v) is 2.67. The zero-order chi connectivity index (χ0) is 9.40.